The third kappa shape index (κ3) is 4.14. The minimum atomic E-state index is -0.347. The molecule has 3 N–H and O–H groups in total. The summed E-state index contributed by atoms with van der Waals surface area (Å²) in [7, 11) is 0. The number of amides is 1. The third-order valence-electron chi connectivity index (χ3n) is 3.95. The van der Waals surface area contributed by atoms with Crippen molar-refractivity contribution in [3.63, 3.8) is 0 Å². The molecule has 2 rings (SSSR count). The number of carbonyl (C=O) groups is 1. The molecule has 0 saturated carbocycles. The Labute approximate surface area is 140 Å². The Morgan fingerprint density at radius 3 is 2.83 bits per heavy atom. The van der Waals surface area contributed by atoms with E-state index in [4.69, 9.17) is 14.4 Å². The minimum Gasteiger partial charge on any atom is -0.468 e. The van der Waals surface area contributed by atoms with Gasteiger partial charge in [-0.15, -0.1) is 5.10 Å². The van der Waals surface area contributed by atoms with E-state index < -0.39 is 0 Å². The van der Waals surface area contributed by atoms with Crippen molar-refractivity contribution in [1.29, 1.82) is 0 Å². The summed E-state index contributed by atoms with van der Waals surface area (Å²) in [5.74, 6) is 0.889. The van der Waals surface area contributed by atoms with Gasteiger partial charge in [-0.1, -0.05) is 19.0 Å². The summed E-state index contributed by atoms with van der Waals surface area (Å²) < 4.78 is 11.1. The molecule has 8 nitrogen and oxygen atoms in total. The standard InChI is InChI=1S/C16H24N4O4/c1-5-9(2)15(12-7-17-24-11(12)4)23-14-6-13(19-20-14)16(22)18-10(3)8-21/h6-7,9-10,15,21H,5,8H2,1-4H3,(H,18,22)(H,19,20)/t9?,10?,15-/m0/s1. The maximum atomic E-state index is 12.0. The highest BCUT2D eigenvalue weighted by atomic mass is 16.5. The molecule has 0 aliphatic heterocycles. The van der Waals surface area contributed by atoms with E-state index in [9.17, 15) is 4.79 Å². The predicted octanol–water partition coefficient (Wildman–Crippen LogP) is 1.98. The Kier molecular flexibility index (Phi) is 5.97. The summed E-state index contributed by atoms with van der Waals surface area (Å²) in [5, 5.41) is 22.1. The van der Waals surface area contributed by atoms with Crippen LogP contribution in [0.5, 0.6) is 5.88 Å². The molecule has 0 spiro atoms. The fraction of sp³-hybridized carbons (Fsp3) is 0.562. The van der Waals surface area contributed by atoms with Crippen molar-refractivity contribution in [1.82, 2.24) is 20.7 Å². The number of aryl methyl sites for hydroxylation is 1. The van der Waals surface area contributed by atoms with Crippen LogP contribution in [0.4, 0.5) is 0 Å². The van der Waals surface area contributed by atoms with E-state index in [0.717, 1.165) is 12.0 Å². The number of ether oxygens (including phenoxy) is 1. The van der Waals surface area contributed by atoms with Crippen LogP contribution in [0, 0.1) is 12.8 Å². The summed E-state index contributed by atoms with van der Waals surface area (Å²) in [4.78, 5) is 12.0. The first-order chi connectivity index (χ1) is 11.5. The summed E-state index contributed by atoms with van der Waals surface area (Å²) in [6.07, 6.45) is 2.29. The molecule has 0 fully saturated rings. The Morgan fingerprint density at radius 2 is 2.25 bits per heavy atom. The van der Waals surface area contributed by atoms with Crippen LogP contribution in [0.3, 0.4) is 0 Å². The molecule has 1 amide bonds. The summed E-state index contributed by atoms with van der Waals surface area (Å²) in [6.45, 7) is 7.55. The minimum absolute atomic E-state index is 0.133. The van der Waals surface area contributed by atoms with Crippen molar-refractivity contribution >= 4 is 5.91 Å². The number of nitrogens with zero attached hydrogens (tertiary/aromatic N) is 2. The average Bonchev–Trinajstić information content (AvgIpc) is 3.20. The van der Waals surface area contributed by atoms with Crippen molar-refractivity contribution in [3.8, 4) is 5.88 Å². The summed E-state index contributed by atoms with van der Waals surface area (Å²) >= 11 is 0. The highest BCUT2D eigenvalue weighted by Crippen LogP contribution is 2.31. The Balaban J connectivity index is 2.13. The van der Waals surface area contributed by atoms with Crippen molar-refractivity contribution in [2.45, 2.75) is 46.3 Å². The quantitative estimate of drug-likeness (QED) is 0.679. The van der Waals surface area contributed by atoms with E-state index in [0.29, 0.717) is 11.6 Å². The molecule has 24 heavy (non-hydrogen) atoms. The van der Waals surface area contributed by atoms with Crippen LogP contribution < -0.4 is 10.1 Å². The number of hydrogen-bond donors (Lipinski definition) is 3. The zero-order valence-corrected chi connectivity index (χ0v) is 14.4. The normalized spacial score (nSPS) is 14.9. The van der Waals surface area contributed by atoms with Gasteiger partial charge in [0.25, 0.3) is 5.91 Å². The SMILES string of the molecule is CCC(C)[C@H](Oc1cc(C(=O)NC(C)CO)[nH]n1)c1cnoc1C. The number of H-pyrrole nitrogens is 1. The first-order valence-corrected chi connectivity index (χ1v) is 8.01. The number of aliphatic hydroxyl groups excluding tert-OH is 1. The van der Waals surface area contributed by atoms with Crippen LogP contribution in [0.2, 0.25) is 0 Å². The van der Waals surface area contributed by atoms with Crippen molar-refractivity contribution in [2.24, 2.45) is 5.92 Å². The van der Waals surface area contributed by atoms with E-state index in [1.54, 1.807) is 13.1 Å². The molecule has 8 heteroatoms. The van der Waals surface area contributed by atoms with Gasteiger partial charge in [-0.3, -0.25) is 9.89 Å². The summed E-state index contributed by atoms with van der Waals surface area (Å²) in [5.41, 5.74) is 1.14. The maximum absolute atomic E-state index is 12.0. The molecule has 2 aromatic heterocycles. The fourth-order valence-corrected chi connectivity index (χ4v) is 2.24. The van der Waals surface area contributed by atoms with Crippen LogP contribution in [-0.2, 0) is 0 Å². The van der Waals surface area contributed by atoms with Crippen LogP contribution >= 0.6 is 0 Å². The molecule has 132 valence electrons. The lowest BCUT2D eigenvalue weighted by Gasteiger charge is -2.22. The van der Waals surface area contributed by atoms with Gasteiger partial charge in [-0.05, 0) is 26.2 Å². The lowest BCUT2D eigenvalue weighted by molar-refractivity contribution is 0.0917. The number of aliphatic hydroxyl groups is 1. The number of aromatic amines is 1. The van der Waals surface area contributed by atoms with E-state index in [-0.39, 0.29) is 36.3 Å². The van der Waals surface area contributed by atoms with Gasteiger partial charge >= 0.3 is 0 Å². The lowest BCUT2D eigenvalue weighted by atomic mass is 9.96. The number of nitrogens with one attached hydrogen (secondary N) is 2. The number of rotatable bonds is 8. The first kappa shape index (κ1) is 18.0. The number of hydrogen-bond acceptors (Lipinski definition) is 6. The molecule has 3 atom stereocenters. The van der Waals surface area contributed by atoms with Crippen LogP contribution in [0.25, 0.3) is 0 Å². The zero-order chi connectivity index (χ0) is 17.7. The number of aromatic nitrogens is 3. The smallest absolute Gasteiger partial charge is 0.269 e. The molecule has 0 saturated heterocycles. The highest BCUT2D eigenvalue weighted by molar-refractivity contribution is 5.92. The molecule has 0 aromatic carbocycles. The van der Waals surface area contributed by atoms with E-state index >= 15 is 0 Å². The van der Waals surface area contributed by atoms with Gasteiger partial charge < -0.3 is 19.7 Å². The van der Waals surface area contributed by atoms with E-state index in [1.807, 2.05) is 6.92 Å². The Bertz CT molecular complexity index is 667. The van der Waals surface area contributed by atoms with Gasteiger partial charge in [0.15, 0.2) is 0 Å². The zero-order valence-electron chi connectivity index (χ0n) is 14.4. The largest absolute Gasteiger partial charge is 0.468 e. The molecule has 2 unspecified atom stereocenters. The maximum Gasteiger partial charge on any atom is 0.269 e. The Hall–Kier alpha value is -2.35. The van der Waals surface area contributed by atoms with Gasteiger partial charge in [-0.2, -0.15) is 0 Å². The summed E-state index contributed by atoms with van der Waals surface area (Å²) in [6, 6.07) is 1.20. The van der Waals surface area contributed by atoms with Gasteiger partial charge in [0, 0.05) is 12.1 Å². The van der Waals surface area contributed by atoms with E-state index in [2.05, 4.69) is 34.5 Å². The fourth-order valence-electron chi connectivity index (χ4n) is 2.24. The average molecular weight is 336 g/mol. The lowest BCUT2D eigenvalue weighted by Crippen LogP contribution is -2.35. The van der Waals surface area contributed by atoms with Crippen LogP contribution in [0.15, 0.2) is 16.8 Å². The topological polar surface area (TPSA) is 113 Å². The Morgan fingerprint density at radius 1 is 1.50 bits per heavy atom. The molecular formula is C16H24N4O4. The second-order valence-corrected chi connectivity index (χ2v) is 5.94. The molecule has 0 aliphatic carbocycles. The van der Waals surface area contributed by atoms with E-state index in [1.165, 1.54) is 6.07 Å². The van der Waals surface area contributed by atoms with Crippen LogP contribution in [0.1, 0.15) is 55.1 Å². The van der Waals surface area contributed by atoms with Gasteiger partial charge in [-0.25, -0.2) is 0 Å². The van der Waals surface area contributed by atoms with Gasteiger partial charge in [0.2, 0.25) is 5.88 Å². The molecule has 2 heterocycles. The highest BCUT2D eigenvalue weighted by Gasteiger charge is 2.25. The third-order valence-corrected chi connectivity index (χ3v) is 3.95. The van der Waals surface area contributed by atoms with Gasteiger partial charge in [0.1, 0.15) is 17.6 Å². The molecular weight excluding hydrogens is 312 g/mol. The van der Waals surface area contributed by atoms with Crippen molar-refractivity contribution in [3.05, 3.63) is 29.3 Å². The second-order valence-electron chi connectivity index (χ2n) is 5.94. The number of carbonyl (C=O) groups excluding carboxylic acids is 1. The van der Waals surface area contributed by atoms with Crippen molar-refractivity contribution in [2.75, 3.05) is 6.61 Å². The van der Waals surface area contributed by atoms with Gasteiger partial charge in [0.05, 0.1) is 18.4 Å². The molecule has 2 aromatic rings. The van der Waals surface area contributed by atoms with Crippen LogP contribution in [-0.4, -0.2) is 39.0 Å². The second kappa shape index (κ2) is 7.96. The first-order valence-electron chi connectivity index (χ1n) is 8.01. The molecule has 0 radical (unpaired) electrons. The monoisotopic (exact) mass is 336 g/mol. The van der Waals surface area contributed by atoms with Crippen molar-refractivity contribution < 1.29 is 19.2 Å². The predicted molar refractivity (Wildman–Crippen MR) is 86.7 cm³/mol. The molecule has 0 aliphatic rings. The molecule has 0 bridgehead atoms.